The summed E-state index contributed by atoms with van der Waals surface area (Å²) in [5.41, 5.74) is 1.09. The third kappa shape index (κ3) is 3.54. The molecule has 1 aromatic heterocycles. The van der Waals surface area contributed by atoms with Gasteiger partial charge in [0, 0.05) is 37.3 Å². The van der Waals surface area contributed by atoms with Gasteiger partial charge in [0.1, 0.15) is 11.1 Å². The Morgan fingerprint density at radius 1 is 1.37 bits per heavy atom. The molecule has 5 heteroatoms. The zero-order chi connectivity index (χ0) is 13.1. The van der Waals surface area contributed by atoms with E-state index >= 15 is 0 Å². The molecule has 0 bridgehead atoms. The van der Waals surface area contributed by atoms with Crippen LogP contribution in [0.4, 0.5) is 0 Å². The van der Waals surface area contributed by atoms with Crippen LogP contribution in [-0.2, 0) is 9.47 Å². The molecule has 0 radical (unpaired) electrons. The summed E-state index contributed by atoms with van der Waals surface area (Å²) in [7, 11) is 0. The second kappa shape index (κ2) is 6.31. The molecule has 2 saturated heterocycles. The standard InChI is InChI=1S/C14H22N2O2S/c1-11-10-19-14(15-11)13-9-16(5-7-18-13)8-12-4-2-3-6-17-12/h10,12-13H,2-9H2,1H3/t12-,13+/m0/s1. The number of hydrogen-bond acceptors (Lipinski definition) is 5. The number of aromatic nitrogens is 1. The number of aryl methyl sites for hydroxylation is 1. The highest BCUT2D eigenvalue weighted by Crippen LogP contribution is 2.26. The van der Waals surface area contributed by atoms with Crippen LogP contribution >= 0.6 is 11.3 Å². The molecule has 0 aliphatic carbocycles. The average molecular weight is 282 g/mol. The summed E-state index contributed by atoms with van der Waals surface area (Å²) < 4.78 is 11.7. The number of thiazole rings is 1. The van der Waals surface area contributed by atoms with E-state index < -0.39 is 0 Å². The quantitative estimate of drug-likeness (QED) is 0.852. The van der Waals surface area contributed by atoms with E-state index in [0.29, 0.717) is 6.10 Å². The molecule has 19 heavy (non-hydrogen) atoms. The van der Waals surface area contributed by atoms with Gasteiger partial charge in [-0.3, -0.25) is 4.90 Å². The lowest BCUT2D eigenvalue weighted by molar-refractivity contribution is -0.0611. The Labute approximate surface area is 118 Å². The Balaban J connectivity index is 1.55. The van der Waals surface area contributed by atoms with Crippen molar-refractivity contribution in [2.24, 2.45) is 0 Å². The summed E-state index contributed by atoms with van der Waals surface area (Å²) in [5.74, 6) is 0. The van der Waals surface area contributed by atoms with Crippen LogP contribution in [0.1, 0.15) is 36.1 Å². The van der Waals surface area contributed by atoms with Crippen LogP contribution in [0.5, 0.6) is 0 Å². The van der Waals surface area contributed by atoms with E-state index in [1.807, 2.05) is 6.92 Å². The van der Waals surface area contributed by atoms with Crippen molar-refractivity contribution in [3.05, 3.63) is 16.1 Å². The summed E-state index contributed by atoms with van der Waals surface area (Å²) in [5, 5.41) is 3.22. The Morgan fingerprint density at radius 2 is 2.32 bits per heavy atom. The fraction of sp³-hybridized carbons (Fsp3) is 0.786. The molecule has 2 atom stereocenters. The molecule has 0 spiro atoms. The number of nitrogens with zero attached hydrogens (tertiary/aromatic N) is 2. The van der Waals surface area contributed by atoms with Crippen molar-refractivity contribution >= 4 is 11.3 Å². The van der Waals surface area contributed by atoms with E-state index in [2.05, 4.69) is 15.3 Å². The van der Waals surface area contributed by atoms with Gasteiger partial charge in [0.25, 0.3) is 0 Å². The molecule has 0 amide bonds. The van der Waals surface area contributed by atoms with Crippen LogP contribution in [-0.4, -0.2) is 48.8 Å². The van der Waals surface area contributed by atoms with E-state index in [1.165, 1.54) is 19.3 Å². The maximum absolute atomic E-state index is 5.86. The van der Waals surface area contributed by atoms with Crippen molar-refractivity contribution < 1.29 is 9.47 Å². The highest BCUT2D eigenvalue weighted by atomic mass is 32.1. The molecule has 4 nitrogen and oxygen atoms in total. The van der Waals surface area contributed by atoms with Crippen LogP contribution in [0.25, 0.3) is 0 Å². The first-order valence-corrected chi connectivity index (χ1v) is 8.07. The zero-order valence-electron chi connectivity index (χ0n) is 11.5. The maximum Gasteiger partial charge on any atom is 0.123 e. The first-order valence-electron chi connectivity index (χ1n) is 7.19. The van der Waals surface area contributed by atoms with Crippen LogP contribution < -0.4 is 0 Å². The molecule has 0 N–H and O–H groups in total. The van der Waals surface area contributed by atoms with Crippen LogP contribution in [0, 0.1) is 6.92 Å². The molecule has 0 aromatic carbocycles. The van der Waals surface area contributed by atoms with Gasteiger partial charge in [0.15, 0.2) is 0 Å². The van der Waals surface area contributed by atoms with E-state index in [9.17, 15) is 0 Å². The summed E-state index contributed by atoms with van der Waals surface area (Å²) in [6, 6.07) is 0. The second-order valence-electron chi connectivity index (χ2n) is 5.43. The van der Waals surface area contributed by atoms with E-state index in [4.69, 9.17) is 9.47 Å². The fourth-order valence-electron chi connectivity index (χ4n) is 2.78. The van der Waals surface area contributed by atoms with Crippen molar-refractivity contribution in [3.8, 4) is 0 Å². The third-order valence-corrected chi connectivity index (χ3v) is 4.85. The van der Waals surface area contributed by atoms with Gasteiger partial charge in [-0.15, -0.1) is 11.3 Å². The molecule has 0 saturated carbocycles. The lowest BCUT2D eigenvalue weighted by Crippen LogP contribution is -2.43. The first-order chi connectivity index (χ1) is 9.31. The van der Waals surface area contributed by atoms with Gasteiger partial charge >= 0.3 is 0 Å². The Morgan fingerprint density at radius 3 is 3.05 bits per heavy atom. The fourth-order valence-corrected chi connectivity index (χ4v) is 3.61. The van der Waals surface area contributed by atoms with Crippen molar-refractivity contribution in [3.63, 3.8) is 0 Å². The molecule has 1 aromatic rings. The molecular formula is C14H22N2O2S. The van der Waals surface area contributed by atoms with E-state index in [-0.39, 0.29) is 6.10 Å². The number of ether oxygens (including phenoxy) is 2. The van der Waals surface area contributed by atoms with Crippen molar-refractivity contribution in [2.75, 3.05) is 32.8 Å². The van der Waals surface area contributed by atoms with E-state index in [1.54, 1.807) is 11.3 Å². The average Bonchev–Trinajstić information content (AvgIpc) is 2.87. The molecular weight excluding hydrogens is 260 g/mol. The largest absolute Gasteiger partial charge is 0.377 e. The maximum atomic E-state index is 5.86. The smallest absolute Gasteiger partial charge is 0.123 e. The lowest BCUT2D eigenvalue weighted by atomic mass is 10.1. The van der Waals surface area contributed by atoms with Crippen molar-refractivity contribution in [1.82, 2.24) is 9.88 Å². The summed E-state index contributed by atoms with van der Waals surface area (Å²) in [6.45, 7) is 6.79. The SMILES string of the molecule is Cc1csc([C@H]2CN(C[C@@H]3CCCCO3)CCO2)n1. The zero-order valence-corrected chi connectivity index (χ0v) is 12.3. The molecule has 3 heterocycles. The molecule has 2 fully saturated rings. The van der Waals surface area contributed by atoms with Gasteiger partial charge < -0.3 is 9.47 Å². The van der Waals surface area contributed by atoms with E-state index in [0.717, 1.165) is 43.5 Å². The van der Waals surface area contributed by atoms with Gasteiger partial charge in [0.2, 0.25) is 0 Å². The number of morpholine rings is 1. The van der Waals surface area contributed by atoms with Gasteiger partial charge in [0.05, 0.1) is 12.7 Å². The number of hydrogen-bond donors (Lipinski definition) is 0. The van der Waals surface area contributed by atoms with Crippen molar-refractivity contribution in [2.45, 2.75) is 38.4 Å². The number of rotatable bonds is 3. The van der Waals surface area contributed by atoms with Gasteiger partial charge in [-0.1, -0.05) is 0 Å². The minimum atomic E-state index is 0.149. The monoisotopic (exact) mass is 282 g/mol. The molecule has 2 aliphatic heterocycles. The molecule has 106 valence electrons. The predicted octanol–water partition coefficient (Wildman–Crippen LogP) is 2.39. The van der Waals surface area contributed by atoms with Crippen molar-refractivity contribution in [1.29, 1.82) is 0 Å². The minimum Gasteiger partial charge on any atom is -0.377 e. The van der Waals surface area contributed by atoms with Gasteiger partial charge in [-0.2, -0.15) is 0 Å². The van der Waals surface area contributed by atoms with Crippen LogP contribution in [0.3, 0.4) is 0 Å². The third-order valence-electron chi connectivity index (χ3n) is 3.80. The summed E-state index contributed by atoms with van der Waals surface area (Å²) >= 11 is 1.71. The van der Waals surface area contributed by atoms with Gasteiger partial charge in [-0.05, 0) is 26.2 Å². The predicted molar refractivity (Wildman–Crippen MR) is 75.6 cm³/mol. The molecule has 2 aliphatic rings. The molecule has 0 unspecified atom stereocenters. The normalized spacial score (nSPS) is 29.5. The van der Waals surface area contributed by atoms with Crippen LogP contribution in [0.2, 0.25) is 0 Å². The Hall–Kier alpha value is -0.490. The lowest BCUT2D eigenvalue weighted by Gasteiger charge is -2.35. The Kier molecular flexibility index (Phi) is 4.48. The Bertz CT molecular complexity index is 404. The minimum absolute atomic E-state index is 0.149. The summed E-state index contributed by atoms with van der Waals surface area (Å²) in [6.07, 6.45) is 4.31. The van der Waals surface area contributed by atoms with Crippen LogP contribution in [0.15, 0.2) is 5.38 Å². The highest BCUT2D eigenvalue weighted by Gasteiger charge is 2.26. The topological polar surface area (TPSA) is 34.6 Å². The highest BCUT2D eigenvalue weighted by molar-refractivity contribution is 7.09. The first kappa shape index (κ1) is 13.5. The second-order valence-corrected chi connectivity index (χ2v) is 6.32. The molecule has 3 rings (SSSR count). The van der Waals surface area contributed by atoms with Gasteiger partial charge in [-0.25, -0.2) is 4.98 Å². The summed E-state index contributed by atoms with van der Waals surface area (Å²) in [4.78, 5) is 7.02.